The SMILES string of the molecule is CC#CCC[C@H](N)CCC. The van der Waals surface area contributed by atoms with E-state index in [9.17, 15) is 0 Å². The van der Waals surface area contributed by atoms with Crippen molar-refractivity contribution < 1.29 is 0 Å². The third-order valence-corrected chi connectivity index (χ3v) is 1.48. The molecule has 1 atom stereocenters. The predicted octanol–water partition coefficient (Wildman–Crippen LogP) is 1.92. The summed E-state index contributed by atoms with van der Waals surface area (Å²) in [5.41, 5.74) is 5.76. The van der Waals surface area contributed by atoms with Crippen LogP contribution in [0.4, 0.5) is 0 Å². The van der Waals surface area contributed by atoms with Crippen LogP contribution >= 0.6 is 0 Å². The topological polar surface area (TPSA) is 26.0 Å². The van der Waals surface area contributed by atoms with E-state index in [4.69, 9.17) is 5.73 Å². The van der Waals surface area contributed by atoms with Gasteiger partial charge in [-0.3, -0.25) is 0 Å². The highest BCUT2D eigenvalue weighted by atomic mass is 14.6. The molecule has 10 heavy (non-hydrogen) atoms. The van der Waals surface area contributed by atoms with Gasteiger partial charge >= 0.3 is 0 Å². The Kier molecular flexibility index (Phi) is 6.32. The lowest BCUT2D eigenvalue weighted by atomic mass is 10.1. The molecule has 0 saturated heterocycles. The fraction of sp³-hybridized carbons (Fsp3) is 0.778. The number of nitrogens with two attached hydrogens (primary N) is 1. The summed E-state index contributed by atoms with van der Waals surface area (Å²) >= 11 is 0. The Morgan fingerprint density at radius 1 is 1.40 bits per heavy atom. The average molecular weight is 139 g/mol. The Morgan fingerprint density at radius 3 is 2.60 bits per heavy atom. The molecule has 0 aliphatic carbocycles. The van der Waals surface area contributed by atoms with Gasteiger partial charge in [0, 0.05) is 12.5 Å². The lowest BCUT2D eigenvalue weighted by Crippen LogP contribution is -2.18. The second-order valence-corrected chi connectivity index (χ2v) is 2.51. The van der Waals surface area contributed by atoms with Crippen LogP contribution in [0, 0.1) is 11.8 Å². The second kappa shape index (κ2) is 6.64. The number of hydrogen-bond donors (Lipinski definition) is 1. The maximum Gasteiger partial charge on any atom is 0.0103 e. The first-order valence-corrected chi connectivity index (χ1v) is 3.96. The first-order valence-electron chi connectivity index (χ1n) is 3.96. The van der Waals surface area contributed by atoms with E-state index in [2.05, 4.69) is 18.8 Å². The van der Waals surface area contributed by atoms with Gasteiger partial charge in [0.25, 0.3) is 0 Å². The van der Waals surface area contributed by atoms with Gasteiger partial charge in [0.2, 0.25) is 0 Å². The molecule has 0 fully saturated rings. The molecule has 0 saturated carbocycles. The van der Waals surface area contributed by atoms with Crippen molar-refractivity contribution in [2.45, 2.75) is 45.6 Å². The van der Waals surface area contributed by atoms with Crippen molar-refractivity contribution in [1.29, 1.82) is 0 Å². The zero-order valence-corrected chi connectivity index (χ0v) is 6.98. The summed E-state index contributed by atoms with van der Waals surface area (Å²) in [6.07, 6.45) is 4.32. The maximum atomic E-state index is 5.76. The van der Waals surface area contributed by atoms with Gasteiger partial charge in [0.15, 0.2) is 0 Å². The highest BCUT2D eigenvalue weighted by molar-refractivity contribution is 4.95. The molecule has 0 bridgehead atoms. The molecule has 0 spiro atoms. The van der Waals surface area contributed by atoms with E-state index < -0.39 is 0 Å². The first kappa shape index (κ1) is 9.52. The summed E-state index contributed by atoms with van der Waals surface area (Å²) in [5, 5.41) is 0. The summed E-state index contributed by atoms with van der Waals surface area (Å²) in [5.74, 6) is 5.87. The molecule has 0 aromatic rings. The molecule has 0 unspecified atom stereocenters. The Hall–Kier alpha value is -0.480. The molecule has 1 heteroatoms. The van der Waals surface area contributed by atoms with E-state index >= 15 is 0 Å². The van der Waals surface area contributed by atoms with Crippen molar-refractivity contribution in [2.75, 3.05) is 0 Å². The Morgan fingerprint density at radius 2 is 2.10 bits per heavy atom. The molecule has 0 aliphatic rings. The van der Waals surface area contributed by atoms with Crippen molar-refractivity contribution >= 4 is 0 Å². The van der Waals surface area contributed by atoms with Crippen LogP contribution in [0.5, 0.6) is 0 Å². The molecule has 1 nitrogen and oxygen atoms in total. The van der Waals surface area contributed by atoms with Crippen LogP contribution in [0.3, 0.4) is 0 Å². The van der Waals surface area contributed by atoms with Crippen molar-refractivity contribution in [3.63, 3.8) is 0 Å². The summed E-state index contributed by atoms with van der Waals surface area (Å²) in [7, 11) is 0. The van der Waals surface area contributed by atoms with Gasteiger partial charge in [0.05, 0.1) is 0 Å². The third-order valence-electron chi connectivity index (χ3n) is 1.48. The molecule has 0 heterocycles. The quantitative estimate of drug-likeness (QED) is 0.592. The van der Waals surface area contributed by atoms with Crippen LogP contribution in [0.15, 0.2) is 0 Å². The summed E-state index contributed by atoms with van der Waals surface area (Å²) < 4.78 is 0. The second-order valence-electron chi connectivity index (χ2n) is 2.51. The van der Waals surface area contributed by atoms with E-state index in [1.165, 1.54) is 6.42 Å². The Labute approximate surface area is 64.0 Å². The Bertz CT molecular complexity index is 118. The van der Waals surface area contributed by atoms with Gasteiger partial charge in [-0.15, -0.1) is 11.8 Å². The van der Waals surface area contributed by atoms with E-state index in [1.807, 2.05) is 6.92 Å². The van der Waals surface area contributed by atoms with Crippen molar-refractivity contribution in [2.24, 2.45) is 5.73 Å². The van der Waals surface area contributed by atoms with E-state index in [0.29, 0.717) is 6.04 Å². The smallest absolute Gasteiger partial charge is 0.0103 e. The number of hydrogen-bond acceptors (Lipinski definition) is 1. The van der Waals surface area contributed by atoms with Gasteiger partial charge in [-0.2, -0.15) is 0 Å². The van der Waals surface area contributed by atoms with Crippen LogP contribution < -0.4 is 5.73 Å². The van der Waals surface area contributed by atoms with Crippen molar-refractivity contribution in [1.82, 2.24) is 0 Å². The first-order chi connectivity index (χ1) is 4.81. The number of rotatable bonds is 4. The van der Waals surface area contributed by atoms with E-state index in [0.717, 1.165) is 19.3 Å². The highest BCUT2D eigenvalue weighted by Gasteiger charge is 1.97. The lowest BCUT2D eigenvalue weighted by Gasteiger charge is -2.05. The minimum Gasteiger partial charge on any atom is -0.328 e. The van der Waals surface area contributed by atoms with E-state index in [-0.39, 0.29) is 0 Å². The van der Waals surface area contributed by atoms with Gasteiger partial charge in [-0.1, -0.05) is 13.3 Å². The standard InChI is InChI=1S/C9H17N/c1-3-5-6-8-9(10)7-4-2/h9H,4,6-8,10H2,1-2H3/t9-/m1/s1. The van der Waals surface area contributed by atoms with Crippen molar-refractivity contribution in [3.8, 4) is 11.8 Å². The van der Waals surface area contributed by atoms with Gasteiger partial charge in [0.1, 0.15) is 0 Å². The molecule has 0 amide bonds. The van der Waals surface area contributed by atoms with Crippen LogP contribution in [-0.2, 0) is 0 Å². The van der Waals surface area contributed by atoms with Crippen LogP contribution in [0.25, 0.3) is 0 Å². The third kappa shape index (κ3) is 5.65. The zero-order chi connectivity index (χ0) is 7.82. The predicted molar refractivity (Wildman–Crippen MR) is 45.6 cm³/mol. The average Bonchev–Trinajstić information content (AvgIpc) is 1.89. The fourth-order valence-electron chi connectivity index (χ4n) is 0.898. The fourth-order valence-corrected chi connectivity index (χ4v) is 0.898. The zero-order valence-electron chi connectivity index (χ0n) is 6.98. The van der Waals surface area contributed by atoms with Crippen LogP contribution in [0.1, 0.15) is 39.5 Å². The van der Waals surface area contributed by atoms with Crippen LogP contribution in [0.2, 0.25) is 0 Å². The molecule has 0 aliphatic heterocycles. The van der Waals surface area contributed by atoms with Crippen molar-refractivity contribution in [3.05, 3.63) is 0 Å². The lowest BCUT2D eigenvalue weighted by molar-refractivity contribution is 0.569. The molecule has 0 aromatic carbocycles. The highest BCUT2D eigenvalue weighted by Crippen LogP contribution is 2.00. The summed E-state index contributed by atoms with van der Waals surface area (Å²) in [4.78, 5) is 0. The maximum absolute atomic E-state index is 5.76. The Balaban J connectivity index is 3.18. The minimum absolute atomic E-state index is 0.367. The van der Waals surface area contributed by atoms with Gasteiger partial charge < -0.3 is 5.73 Å². The monoisotopic (exact) mass is 139 g/mol. The molecule has 0 aromatic heterocycles. The summed E-state index contributed by atoms with van der Waals surface area (Å²) in [6.45, 7) is 4.02. The largest absolute Gasteiger partial charge is 0.328 e. The summed E-state index contributed by atoms with van der Waals surface area (Å²) in [6, 6.07) is 0.367. The van der Waals surface area contributed by atoms with E-state index in [1.54, 1.807) is 0 Å². The van der Waals surface area contributed by atoms with Crippen LogP contribution in [-0.4, -0.2) is 6.04 Å². The molecular formula is C9H17N. The molecule has 0 rings (SSSR count). The molecular weight excluding hydrogens is 122 g/mol. The molecule has 2 N–H and O–H groups in total. The minimum atomic E-state index is 0.367. The normalized spacial score (nSPS) is 11.9. The van der Waals surface area contributed by atoms with Gasteiger partial charge in [-0.25, -0.2) is 0 Å². The van der Waals surface area contributed by atoms with Gasteiger partial charge in [-0.05, 0) is 19.8 Å². The molecule has 58 valence electrons. The molecule has 0 radical (unpaired) electrons.